The van der Waals surface area contributed by atoms with Gasteiger partial charge < -0.3 is 5.32 Å². The van der Waals surface area contributed by atoms with E-state index in [0.29, 0.717) is 40.5 Å². The molecule has 0 unspecified atom stereocenters. The minimum atomic E-state index is -0.638. The Morgan fingerprint density at radius 1 is 0.973 bits per heavy atom. The van der Waals surface area contributed by atoms with Crippen molar-refractivity contribution in [2.45, 2.75) is 71.3 Å². The lowest BCUT2D eigenvalue weighted by atomic mass is 9.84. The van der Waals surface area contributed by atoms with Crippen LogP contribution in [0.3, 0.4) is 0 Å². The Morgan fingerprint density at radius 3 is 2.30 bits per heavy atom. The first-order chi connectivity index (χ1) is 17.8. The highest BCUT2D eigenvalue weighted by atomic mass is 19.1. The van der Waals surface area contributed by atoms with E-state index in [2.05, 4.69) is 34.7 Å². The zero-order chi connectivity index (χ0) is 26.1. The van der Waals surface area contributed by atoms with Crippen LogP contribution >= 0.6 is 0 Å². The number of pyridine rings is 1. The van der Waals surface area contributed by atoms with Crippen molar-refractivity contribution >= 4 is 11.4 Å². The quantitative estimate of drug-likeness (QED) is 0.294. The SMILES string of the molecule is Cc1nn2c(C(C)C)c(C(=O)NCc3ccc(C4CCCCC4)cc3)ccc2c1-c1c(F)cccc1F. The van der Waals surface area contributed by atoms with Gasteiger partial charge >= 0.3 is 0 Å². The number of hydrogen-bond acceptors (Lipinski definition) is 2. The summed E-state index contributed by atoms with van der Waals surface area (Å²) in [6.45, 7) is 6.12. The summed E-state index contributed by atoms with van der Waals surface area (Å²) in [6, 6.07) is 15.9. The van der Waals surface area contributed by atoms with Gasteiger partial charge in [-0.1, -0.05) is 63.4 Å². The minimum Gasteiger partial charge on any atom is -0.348 e. The fraction of sp³-hybridized carbons (Fsp3) is 0.355. The summed E-state index contributed by atoms with van der Waals surface area (Å²) in [5.41, 5.74) is 5.02. The number of nitrogens with one attached hydrogen (secondary N) is 1. The zero-order valence-electron chi connectivity index (χ0n) is 21.7. The summed E-state index contributed by atoms with van der Waals surface area (Å²) < 4.78 is 30.9. The summed E-state index contributed by atoms with van der Waals surface area (Å²) in [4.78, 5) is 13.3. The van der Waals surface area contributed by atoms with Gasteiger partial charge in [-0.2, -0.15) is 5.10 Å². The highest BCUT2D eigenvalue weighted by Gasteiger charge is 2.24. The number of carbonyl (C=O) groups is 1. The van der Waals surface area contributed by atoms with Gasteiger partial charge in [0.2, 0.25) is 0 Å². The first kappa shape index (κ1) is 25.1. The molecule has 0 spiro atoms. The second kappa shape index (κ2) is 10.4. The van der Waals surface area contributed by atoms with Crippen molar-refractivity contribution in [1.29, 1.82) is 0 Å². The van der Waals surface area contributed by atoms with Crippen LogP contribution in [-0.2, 0) is 6.54 Å². The average Bonchev–Trinajstić information content (AvgIpc) is 3.22. The lowest BCUT2D eigenvalue weighted by Gasteiger charge is -2.22. The molecular weight excluding hydrogens is 468 g/mol. The van der Waals surface area contributed by atoms with Crippen molar-refractivity contribution in [2.75, 3.05) is 0 Å². The van der Waals surface area contributed by atoms with Gasteiger partial charge in [0, 0.05) is 12.1 Å². The minimum absolute atomic E-state index is 0.0446. The Kier molecular flexibility index (Phi) is 7.09. The van der Waals surface area contributed by atoms with Gasteiger partial charge in [0.15, 0.2) is 0 Å². The summed E-state index contributed by atoms with van der Waals surface area (Å²) in [5, 5.41) is 7.66. The molecule has 2 aromatic heterocycles. The fourth-order valence-electron chi connectivity index (χ4n) is 5.66. The van der Waals surface area contributed by atoms with Crippen molar-refractivity contribution in [3.8, 4) is 11.1 Å². The first-order valence-corrected chi connectivity index (χ1v) is 13.2. The molecule has 4 aromatic rings. The third kappa shape index (κ3) is 4.89. The Bertz CT molecular complexity index is 1410. The summed E-state index contributed by atoms with van der Waals surface area (Å²) in [5.74, 6) is -0.871. The molecule has 37 heavy (non-hydrogen) atoms. The third-order valence-corrected chi connectivity index (χ3v) is 7.52. The number of nitrogens with zero attached hydrogens (tertiary/aromatic N) is 2. The van der Waals surface area contributed by atoms with Crippen LogP contribution in [0.15, 0.2) is 54.6 Å². The first-order valence-electron chi connectivity index (χ1n) is 13.2. The third-order valence-electron chi connectivity index (χ3n) is 7.52. The largest absolute Gasteiger partial charge is 0.348 e. The smallest absolute Gasteiger partial charge is 0.253 e. The van der Waals surface area contributed by atoms with Crippen LogP contribution in [0.2, 0.25) is 0 Å². The highest BCUT2D eigenvalue weighted by molar-refractivity contribution is 5.96. The van der Waals surface area contributed by atoms with Gasteiger partial charge in [-0.15, -0.1) is 0 Å². The van der Waals surface area contributed by atoms with Gasteiger partial charge in [0.1, 0.15) is 11.6 Å². The number of hydrogen-bond donors (Lipinski definition) is 1. The molecule has 2 aromatic carbocycles. The molecule has 1 saturated carbocycles. The standard InChI is InChI=1S/C31H33F2N3O/c1-19(2)30-24(31(37)34-18-21-12-14-23(15-13-21)22-8-5-4-6-9-22)16-17-27-28(20(3)35-36(27)30)29-25(32)10-7-11-26(29)33/h7,10-17,19,22H,4-6,8-9,18H2,1-3H3,(H,34,37). The van der Waals surface area contributed by atoms with E-state index < -0.39 is 11.6 Å². The number of amides is 1. The van der Waals surface area contributed by atoms with Gasteiger partial charge in [-0.05, 0) is 67.0 Å². The van der Waals surface area contributed by atoms with Crippen LogP contribution in [-0.4, -0.2) is 15.5 Å². The number of aryl methyl sites for hydroxylation is 1. The van der Waals surface area contributed by atoms with E-state index in [0.717, 1.165) is 5.56 Å². The molecule has 1 amide bonds. The Hall–Kier alpha value is -3.54. The number of benzene rings is 2. The van der Waals surface area contributed by atoms with Crippen molar-refractivity contribution in [2.24, 2.45) is 0 Å². The van der Waals surface area contributed by atoms with E-state index in [1.807, 2.05) is 13.8 Å². The van der Waals surface area contributed by atoms with E-state index in [4.69, 9.17) is 0 Å². The molecule has 1 aliphatic carbocycles. The van der Waals surface area contributed by atoms with Gasteiger partial charge in [0.25, 0.3) is 5.91 Å². The van der Waals surface area contributed by atoms with E-state index >= 15 is 0 Å². The molecule has 0 saturated heterocycles. The fourth-order valence-corrected chi connectivity index (χ4v) is 5.66. The molecule has 0 atom stereocenters. The van der Waals surface area contributed by atoms with Gasteiger partial charge in [-0.3, -0.25) is 4.79 Å². The maximum atomic E-state index is 14.6. The summed E-state index contributed by atoms with van der Waals surface area (Å²) >= 11 is 0. The summed E-state index contributed by atoms with van der Waals surface area (Å²) in [7, 11) is 0. The maximum Gasteiger partial charge on any atom is 0.253 e. The zero-order valence-corrected chi connectivity index (χ0v) is 21.7. The Morgan fingerprint density at radius 2 is 1.65 bits per heavy atom. The van der Waals surface area contributed by atoms with Crippen molar-refractivity contribution in [1.82, 2.24) is 14.9 Å². The lowest BCUT2D eigenvalue weighted by molar-refractivity contribution is 0.0948. The van der Waals surface area contributed by atoms with Crippen molar-refractivity contribution in [3.63, 3.8) is 0 Å². The molecule has 1 aliphatic rings. The number of aromatic nitrogens is 2. The van der Waals surface area contributed by atoms with Gasteiger partial charge in [-0.25, -0.2) is 13.3 Å². The lowest BCUT2D eigenvalue weighted by Crippen LogP contribution is -2.25. The Balaban J connectivity index is 1.42. The van der Waals surface area contributed by atoms with Crippen LogP contribution in [0.25, 0.3) is 16.6 Å². The van der Waals surface area contributed by atoms with E-state index in [1.165, 1.54) is 55.9 Å². The maximum absolute atomic E-state index is 14.6. The number of rotatable bonds is 6. The number of fused-ring (bicyclic) bond motifs is 1. The molecule has 5 rings (SSSR count). The molecule has 0 radical (unpaired) electrons. The van der Waals surface area contributed by atoms with E-state index in [9.17, 15) is 13.6 Å². The molecule has 0 aliphatic heterocycles. The predicted molar refractivity (Wildman–Crippen MR) is 143 cm³/mol. The second-order valence-electron chi connectivity index (χ2n) is 10.4. The number of halogens is 2. The molecule has 2 heterocycles. The molecule has 1 N–H and O–H groups in total. The molecule has 1 fully saturated rings. The van der Waals surface area contributed by atoms with E-state index in [-0.39, 0.29) is 17.4 Å². The molecule has 6 heteroatoms. The highest BCUT2D eigenvalue weighted by Crippen LogP contribution is 2.35. The van der Waals surface area contributed by atoms with Crippen LogP contribution in [0.4, 0.5) is 8.78 Å². The van der Waals surface area contributed by atoms with Crippen LogP contribution in [0.1, 0.15) is 90.7 Å². The second-order valence-corrected chi connectivity index (χ2v) is 10.4. The molecule has 192 valence electrons. The van der Waals surface area contributed by atoms with Crippen LogP contribution < -0.4 is 5.32 Å². The monoisotopic (exact) mass is 501 g/mol. The average molecular weight is 502 g/mol. The predicted octanol–water partition coefficient (Wildman–Crippen LogP) is 7.69. The van der Waals surface area contributed by atoms with Crippen LogP contribution in [0.5, 0.6) is 0 Å². The Labute approximate surface area is 216 Å². The summed E-state index contributed by atoms with van der Waals surface area (Å²) in [6.07, 6.45) is 6.46. The van der Waals surface area contributed by atoms with Crippen molar-refractivity contribution < 1.29 is 13.6 Å². The molecular formula is C31H33F2N3O. The van der Waals surface area contributed by atoms with E-state index in [1.54, 1.807) is 23.6 Å². The topological polar surface area (TPSA) is 46.4 Å². The molecule has 4 nitrogen and oxygen atoms in total. The van der Waals surface area contributed by atoms with Gasteiger partial charge in [0.05, 0.1) is 28.0 Å². The van der Waals surface area contributed by atoms with Crippen LogP contribution in [0, 0.1) is 18.6 Å². The molecule has 0 bridgehead atoms. The van der Waals surface area contributed by atoms with Crippen molar-refractivity contribution in [3.05, 3.63) is 94.3 Å². The normalized spacial score (nSPS) is 14.4. The number of carbonyl (C=O) groups excluding carboxylic acids is 1.